The van der Waals surface area contributed by atoms with Gasteiger partial charge in [0.15, 0.2) is 0 Å². The maximum atomic E-state index is 12.7. The average molecular weight is 210 g/mol. The van der Waals surface area contributed by atoms with Gasteiger partial charge in [0.2, 0.25) is 0 Å². The number of ether oxygens (including phenoxy) is 1. The summed E-state index contributed by atoms with van der Waals surface area (Å²) in [5.41, 5.74) is 0.0977. The van der Waals surface area contributed by atoms with E-state index in [2.05, 4.69) is 16.6 Å². The number of carbonyl (C=O) groups excluding carboxylic acids is 1. The van der Waals surface area contributed by atoms with Crippen molar-refractivity contribution < 1.29 is 18.3 Å². The van der Waals surface area contributed by atoms with Gasteiger partial charge in [0.25, 0.3) is 0 Å². The van der Waals surface area contributed by atoms with E-state index in [1.807, 2.05) is 0 Å². The molecular weight excluding hydrogens is 202 g/mol. The largest absolute Gasteiger partial charge is 0.456 e. The fourth-order valence-corrected chi connectivity index (χ4v) is 0.916. The van der Waals surface area contributed by atoms with Crippen LogP contribution >= 0.6 is 0 Å². The fourth-order valence-electron chi connectivity index (χ4n) is 0.916. The molecule has 2 nitrogen and oxygen atoms in total. The second-order valence-electron chi connectivity index (χ2n) is 2.63. The van der Waals surface area contributed by atoms with E-state index >= 15 is 0 Å². The van der Waals surface area contributed by atoms with E-state index in [-0.39, 0.29) is 12.2 Å². The number of hydrogen-bond acceptors (Lipinski definition) is 2. The molecule has 0 saturated carbocycles. The summed E-state index contributed by atoms with van der Waals surface area (Å²) in [5, 5.41) is 0. The number of benzene rings is 1. The highest BCUT2D eigenvalue weighted by atomic mass is 19.1. The SMILES string of the molecule is CCOC(=O)C#Cc1cc(F)cc(F)c1. The Bertz CT molecular complexity index is 410. The molecule has 0 saturated heterocycles. The number of rotatable bonds is 1. The molecule has 15 heavy (non-hydrogen) atoms. The van der Waals surface area contributed by atoms with Crippen LogP contribution in [-0.2, 0) is 9.53 Å². The highest BCUT2D eigenvalue weighted by molar-refractivity contribution is 5.89. The van der Waals surface area contributed by atoms with E-state index in [1.54, 1.807) is 6.92 Å². The Labute approximate surface area is 85.9 Å². The molecule has 1 rings (SSSR count). The lowest BCUT2D eigenvalue weighted by Gasteiger charge is -1.93. The summed E-state index contributed by atoms with van der Waals surface area (Å²) in [6.45, 7) is 1.85. The predicted molar refractivity (Wildman–Crippen MR) is 49.9 cm³/mol. The van der Waals surface area contributed by atoms with E-state index < -0.39 is 17.6 Å². The van der Waals surface area contributed by atoms with Gasteiger partial charge in [0, 0.05) is 17.6 Å². The number of esters is 1. The molecule has 0 N–H and O–H groups in total. The van der Waals surface area contributed by atoms with Crippen LogP contribution in [-0.4, -0.2) is 12.6 Å². The summed E-state index contributed by atoms with van der Waals surface area (Å²) >= 11 is 0. The average Bonchev–Trinajstić information content (AvgIpc) is 2.14. The maximum absolute atomic E-state index is 12.7. The summed E-state index contributed by atoms with van der Waals surface area (Å²) in [6, 6.07) is 2.81. The molecule has 0 amide bonds. The van der Waals surface area contributed by atoms with E-state index in [0.717, 1.165) is 18.2 Å². The summed E-state index contributed by atoms with van der Waals surface area (Å²) in [5.74, 6) is 2.23. The van der Waals surface area contributed by atoms with E-state index in [1.165, 1.54) is 0 Å². The molecule has 4 heteroatoms. The van der Waals surface area contributed by atoms with Gasteiger partial charge in [0.1, 0.15) is 11.6 Å². The second-order valence-corrected chi connectivity index (χ2v) is 2.63. The smallest absolute Gasteiger partial charge is 0.384 e. The van der Waals surface area contributed by atoms with Crippen molar-refractivity contribution in [2.45, 2.75) is 6.92 Å². The van der Waals surface area contributed by atoms with Crippen molar-refractivity contribution in [1.29, 1.82) is 0 Å². The van der Waals surface area contributed by atoms with Crippen LogP contribution in [0.3, 0.4) is 0 Å². The van der Waals surface area contributed by atoms with Crippen molar-refractivity contribution in [3.05, 3.63) is 35.4 Å². The molecule has 0 fully saturated rings. The lowest BCUT2D eigenvalue weighted by atomic mass is 10.2. The topological polar surface area (TPSA) is 26.3 Å². The van der Waals surface area contributed by atoms with E-state index in [9.17, 15) is 13.6 Å². The van der Waals surface area contributed by atoms with Crippen LogP contribution in [0.5, 0.6) is 0 Å². The predicted octanol–water partition coefficient (Wildman–Crippen LogP) is 1.88. The molecule has 0 aliphatic rings. The Morgan fingerprint density at radius 3 is 2.47 bits per heavy atom. The summed E-state index contributed by atoms with van der Waals surface area (Å²) in [7, 11) is 0. The Hall–Kier alpha value is -1.89. The van der Waals surface area contributed by atoms with Gasteiger partial charge >= 0.3 is 5.97 Å². The van der Waals surface area contributed by atoms with Crippen molar-refractivity contribution in [2.24, 2.45) is 0 Å². The molecule has 0 aromatic heterocycles. The molecule has 1 aromatic carbocycles. The first-order chi connectivity index (χ1) is 7.11. The minimum atomic E-state index is -0.733. The highest BCUT2D eigenvalue weighted by Crippen LogP contribution is 2.06. The molecule has 0 spiro atoms. The Balaban J connectivity index is 2.84. The lowest BCUT2D eigenvalue weighted by molar-refractivity contribution is -0.136. The monoisotopic (exact) mass is 210 g/mol. The van der Waals surface area contributed by atoms with Crippen LogP contribution in [0.1, 0.15) is 12.5 Å². The molecule has 0 atom stereocenters. The van der Waals surface area contributed by atoms with Gasteiger partial charge in [-0.3, -0.25) is 0 Å². The van der Waals surface area contributed by atoms with Gasteiger partial charge in [-0.1, -0.05) is 5.92 Å². The second kappa shape index (κ2) is 5.11. The van der Waals surface area contributed by atoms with Gasteiger partial charge in [-0.05, 0) is 19.1 Å². The van der Waals surface area contributed by atoms with Crippen molar-refractivity contribution in [3.63, 3.8) is 0 Å². The molecule has 0 aliphatic heterocycles. The quantitative estimate of drug-likeness (QED) is 0.522. The third-order valence-electron chi connectivity index (χ3n) is 1.45. The molecule has 0 radical (unpaired) electrons. The fraction of sp³-hybridized carbons (Fsp3) is 0.182. The summed E-state index contributed by atoms with van der Waals surface area (Å²) in [6.07, 6.45) is 0. The normalized spacial score (nSPS) is 9.00. The zero-order chi connectivity index (χ0) is 11.3. The highest BCUT2D eigenvalue weighted by Gasteiger charge is 1.98. The zero-order valence-corrected chi connectivity index (χ0v) is 8.01. The van der Waals surface area contributed by atoms with Crippen molar-refractivity contribution in [3.8, 4) is 11.8 Å². The lowest BCUT2D eigenvalue weighted by Crippen LogP contribution is -1.99. The molecule has 0 heterocycles. The molecule has 0 unspecified atom stereocenters. The van der Waals surface area contributed by atoms with Crippen LogP contribution in [0.15, 0.2) is 18.2 Å². The Morgan fingerprint density at radius 1 is 1.33 bits per heavy atom. The van der Waals surface area contributed by atoms with Gasteiger partial charge in [-0.2, -0.15) is 0 Å². The van der Waals surface area contributed by atoms with Crippen LogP contribution < -0.4 is 0 Å². The van der Waals surface area contributed by atoms with Crippen LogP contribution in [0.4, 0.5) is 8.78 Å². The first-order valence-electron chi connectivity index (χ1n) is 4.26. The number of hydrogen-bond donors (Lipinski definition) is 0. The standard InChI is InChI=1S/C11H8F2O2/c1-2-15-11(14)4-3-8-5-9(12)7-10(13)6-8/h5-7H,2H2,1H3. The van der Waals surface area contributed by atoms with Gasteiger partial charge in [-0.15, -0.1) is 0 Å². The first-order valence-corrected chi connectivity index (χ1v) is 4.26. The van der Waals surface area contributed by atoms with Crippen LogP contribution in [0.25, 0.3) is 0 Å². The van der Waals surface area contributed by atoms with Crippen molar-refractivity contribution in [1.82, 2.24) is 0 Å². The minimum absolute atomic E-state index is 0.0977. The molecular formula is C11H8F2O2. The third-order valence-corrected chi connectivity index (χ3v) is 1.45. The first kappa shape index (κ1) is 11.2. The molecule has 78 valence electrons. The van der Waals surface area contributed by atoms with Crippen LogP contribution in [0, 0.1) is 23.5 Å². The molecule has 0 aliphatic carbocycles. The van der Waals surface area contributed by atoms with Gasteiger partial charge in [-0.25, -0.2) is 13.6 Å². The van der Waals surface area contributed by atoms with Crippen molar-refractivity contribution >= 4 is 5.97 Å². The van der Waals surface area contributed by atoms with E-state index in [4.69, 9.17) is 0 Å². The third kappa shape index (κ3) is 3.77. The maximum Gasteiger partial charge on any atom is 0.384 e. The Kier molecular flexibility index (Phi) is 3.81. The molecule has 0 bridgehead atoms. The Morgan fingerprint density at radius 2 is 1.93 bits per heavy atom. The minimum Gasteiger partial charge on any atom is -0.456 e. The zero-order valence-electron chi connectivity index (χ0n) is 8.01. The van der Waals surface area contributed by atoms with Crippen molar-refractivity contribution in [2.75, 3.05) is 6.61 Å². The van der Waals surface area contributed by atoms with Crippen LogP contribution in [0.2, 0.25) is 0 Å². The molecule has 1 aromatic rings. The van der Waals surface area contributed by atoms with Gasteiger partial charge in [0.05, 0.1) is 6.61 Å². The number of halogens is 2. The number of carbonyl (C=O) groups is 1. The summed E-state index contributed by atoms with van der Waals surface area (Å²) < 4.78 is 29.9. The summed E-state index contributed by atoms with van der Waals surface area (Å²) in [4.78, 5) is 10.8. The van der Waals surface area contributed by atoms with E-state index in [0.29, 0.717) is 0 Å². The van der Waals surface area contributed by atoms with Gasteiger partial charge < -0.3 is 4.74 Å².